The molecule has 2 aliphatic rings. The second-order valence-electron chi connectivity index (χ2n) is 5.03. The molecular formula is C11H21N. The SMILES string of the molecule is CC(C)N(C)[C@H]1CCCC12CC2. The lowest BCUT2D eigenvalue weighted by atomic mass is 9.98. The Morgan fingerprint density at radius 2 is 1.92 bits per heavy atom. The first-order valence-corrected chi connectivity index (χ1v) is 5.38. The Morgan fingerprint density at radius 1 is 1.25 bits per heavy atom. The minimum absolute atomic E-state index is 0.727. The van der Waals surface area contributed by atoms with Crippen LogP contribution in [0, 0.1) is 5.41 Å². The number of nitrogens with zero attached hydrogens (tertiary/aromatic N) is 1. The first-order valence-electron chi connectivity index (χ1n) is 5.38. The molecule has 1 nitrogen and oxygen atoms in total. The summed E-state index contributed by atoms with van der Waals surface area (Å²) in [5.41, 5.74) is 0.791. The molecule has 0 heterocycles. The maximum Gasteiger partial charge on any atom is 0.0151 e. The lowest BCUT2D eigenvalue weighted by Gasteiger charge is -2.32. The van der Waals surface area contributed by atoms with Crippen molar-refractivity contribution in [2.24, 2.45) is 5.41 Å². The fourth-order valence-electron chi connectivity index (χ4n) is 2.86. The smallest absolute Gasteiger partial charge is 0.0151 e. The molecular weight excluding hydrogens is 146 g/mol. The Kier molecular flexibility index (Phi) is 1.95. The third kappa shape index (κ3) is 1.19. The molecule has 1 heteroatoms. The Hall–Kier alpha value is -0.0400. The predicted molar refractivity (Wildman–Crippen MR) is 52.2 cm³/mol. The molecule has 2 fully saturated rings. The number of rotatable bonds is 2. The van der Waals surface area contributed by atoms with Crippen molar-refractivity contribution in [2.45, 2.75) is 58.0 Å². The van der Waals surface area contributed by atoms with Gasteiger partial charge < -0.3 is 4.90 Å². The number of hydrogen-bond acceptors (Lipinski definition) is 1. The van der Waals surface area contributed by atoms with Crippen molar-refractivity contribution >= 4 is 0 Å². The van der Waals surface area contributed by atoms with E-state index in [2.05, 4.69) is 25.8 Å². The van der Waals surface area contributed by atoms with E-state index in [4.69, 9.17) is 0 Å². The van der Waals surface area contributed by atoms with E-state index in [1.165, 1.54) is 32.1 Å². The van der Waals surface area contributed by atoms with Gasteiger partial charge in [0.05, 0.1) is 0 Å². The van der Waals surface area contributed by atoms with Crippen LogP contribution < -0.4 is 0 Å². The van der Waals surface area contributed by atoms with Crippen molar-refractivity contribution < 1.29 is 0 Å². The van der Waals surface area contributed by atoms with Crippen LogP contribution in [0.3, 0.4) is 0 Å². The van der Waals surface area contributed by atoms with Crippen LogP contribution in [0.2, 0.25) is 0 Å². The van der Waals surface area contributed by atoms with E-state index in [-0.39, 0.29) is 0 Å². The Bertz CT molecular complexity index is 170. The Labute approximate surface area is 76.1 Å². The van der Waals surface area contributed by atoms with Crippen molar-refractivity contribution in [3.05, 3.63) is 0 Å². The second-order valence-corrected chi connectivity index (χ2v) is 5.03. The maximum absolute atomic E-state index is 2.60. The first kappa shape index (κ1) is 8.55. The van der Waals surface area contributed by atoms with Gasteiger partial charge in [-0.2, -0.15) is 0 Å². The summed E-state index contributed by atoms with van der Waals surface area (Å²) in [4.78, 5) is 2.60. The van der Waals surface area contributed by atoms with Gasteiger partial charge >= 0.3 is 0 Å². The van der Waals surface area contributed by atoms with Gasteiger partial charge in [0, 0.05) is 12.1 Å². The summed E-state index contributed by atoms with van der Waals surface area (Å²) in [5, 5.41) is 0. The molecule has 0 aliphatic heterocycles. The summed E-state index contributed by atoms with van der Waals surface area (Å²) in [6.45, 7) is 4.63. The van der Waals surface area contributed by atoms with Crippen LogP contribution >= 0.6 is 0 Å². The lowest BCUT2D eigenvalue weighted by molar-refractivity contribution is 0.148. The van der Waals surface area contributed by atoms with Gasteiger partial charge in [0.25, 0.3) is 0 Å². The predicted octanol–water partition coefficient (Wildman–Crippen LogP) is 2.66. The van der Waals surface area contributed by atoms with Crippen LogP contribution in [0.1, 0.15) is 46.0 Å². The highest BCUT2D eigenvalue weighted by molar-refractivity contribution is 5.06. The highest BCUT2D eigenvalue weighted by Gasteiger charge is 2.53. The van der Waals surface area contributed by atoms with Crippen molar-refractivity contribution in [1.82, 2.24) is 4.90 Å². The van der Waals surface area contributed by atoms with E-state index in [0.717, 1.165) is 17.5 Å². The zero-order valence-electron chi connectivity index (χ0n) is 8.64. The van der Waals surface area contributed by atoms with Crippen molar-refractivity contribution in [3.63, 3.8) is 0 Å². The van der Waals surface area contributed by atoms with E-state index < -0.39 is 0 Å². The molecule has 1 spiro atoms. The molecule has 0 unspecified atom stereocenters. The fourth-order valence-corrected chi connectivity index (χ4v) is 2.86. The van der Waals surface area contributed by atoms with Crippen LogP contribution in [0.15, 0.2) is 0 Å². The average Bonchev–Trinajstić information content (AvgIpc) is 2.62. The fraction of sp³-hybridized carbons (Fsp3) is 1.00. The molecule has 0 N–H and O–H groups in total. The summed E-state index contributed by atoms with van der Waals surface area (Å²) in [6.07, 6.45) is 7.45. The highest BCUT2D eigenvalue weighted by Crippen LogP contribution is 2.59. The van der Waals surface area contributed by atoms with Gasteiger partial charge in [0.15, 0.2) is 0 Å². The quantitative estimate of drug-likeness (QED) is 0.611. The first-order chi connectivity index (χ1) is 5.66. The van der Waals surface area contributed by atoms with Gasteiger partial charge in [-0.15, -0.1) is 0 Å². The van der Waals surface area contributed by atoms with E-state index in [9.17, 15) is 0 Å². The van der Waals surface area contributed by atoms with E-state index in [1.807, 2.05) is 0 Å². The third-order valence-electron chi connectivity index (χ3n) is 4.06. The van der Waals surface area contributed by atoms with Crippen LogP contribution in [-0.4, -0.2) is 24.0 Å². The van der Waals surface area contributed by atoms with E-state index in [0.29, 0.717) is 0 Å². The Morgan fingerprint density at radius 3 is 2.42 bits per heavy atom. The molecule has 12 heavy (non-hydrogen) atoms. The van der Waals surface area contributed by atoms with Crippen molar-refractivity contribution in [3.8, 4) is 0 Å². The van der Waals surface area contributed by atoms with Crippen LogP contribution in [0.5, 0.6) is 0 Å². The molecule has 0 amide bonds. The lowest BCUT2D eigenvalue weighted by Crippen LogP contribution is -2.40. The van der Waals surface area contributed by atoms with E-state index in [1.54, 1.807) is 0 Å². The van der Waals surface area contributed by atoms with E-state index >= 15 is 0 Å². The normalized spacial score (nSPS) is 32.2. The molecule has 0 bridgehead atoms. The topological polar surface area (TPSA) is 3.24 Å². The number of hydrogen-bond donors (Lipinski definition) is 0. The molecule has 0 aromatic carbocycles. The molecule has 2 rings (SSSR count). The highest BCUT2D eigenvalue weighted by atomic mass is 15.2. The molecule has 2 saturated carbocycles. The zero-order chi connectivity index (χ0) is 8.77. The van der Waals surface area contributed by atoms with Gasteiger partial charge in [-0.1, -0.05) is 6.42 Å². The van der Waals surface area contributed by atoms with Crippen LogP contribution in [-0.2, 0) is 0 Å². The molecule has 0 radical (unpaired) electrons. The minimum atomic E-state index is 0.727. The Balaban J connectivity index is 2.03. The average molecular weight is 167 g/mol. The maximum atomic E-state index is 2.60. The van der Waals surface area contributed by atoms with Crippen LogP contribution in [0.4, 0.5) is 0 Å². The molecule has 70 valence electrons. The second kappa shape index (κ2) is 2.73. The largest absolute Gasteiger partial charge is 0.300 e. The van der Waals surface area contributed by atoms with Gasteiger partial charge in [-0.05, 0) is 52.0 Å². The molecule has 0 saturated heterocycles. The van der Waals surface area contributed by atoms with Gasteiger partial charge in [-0.25, -0.2) is 0 Å². The van der Waals surface area contributed by atoms with Gasteiger partial charge in [0.2, 0.25) is 0 Å². The molecule has 0 aromatic heterocycles. The summed E-state index contributed by atoms with van der Waals surface area (Å²) >= 11 is 0. The van der Waals surface area contributed by atoms with Gasteiger partial charge in [-0.3, -0.25) is 0 Å². The molecule has 0 aromatic rings. The summed E-state index contributed by atoms with van der Waals surface area (Å²) in [5.74, 6) is 0. The third-order valence-corrected chi connectivity index (χ3v) is 4.06. The van der Waals surface area contributed by atoms with Gasteiger partial charge in [0.1, 0.15) is 0 Å². The standard InChI is InChI=1S/C11H21N/c1-9(2)12(3)10-5-4-6-11(10)7-8-11/h9-10H,4-8H2,1-3H3/t10-/m0/s1. The van der Waals surface area contributed by atoms with Crippen molar-refractivity contribution in [1.29, 1.82) is 0 Å². The summed E-state index contributed by atoms with van der Waals surface area (Å²) in [7, 11) is 2.31. The summed E-state index contributed by atoms with van der Waals surface area (Å²) in [6, 6.07) is 1.64. The molecule has 2 aliphatic carbocycles. The monoisotopic (exact) mass is 167 g/mol. The summed E-state index contributed by atoms with van der Waals surface area (Å²) < 4.78 is 0. The minimum Gasteiger partial charge on any atom is -0.300 e. The van der Waals surface area contributed by atoms with Crippen molar-refractivity contribution in [2.75, 3.05) is 7.05 Å². The zero-order valence-corrected chi connectivity index (χ0v) is 8.64. The molecule has 1 atom stereocenters. The van der Waals surface area contributed by atoms with Crippen LogP contribution in [0.25, 0.3) is 0 Å².